The molecule has 0 spiro atoms. The van der Waals surface area contributed by atoms with E-state index in [1.165, 1.54) is 4.90 Å². The van der Waals surface area contributed by atoms with E-state index in [1.54, 1.807) is 0 Å². The first kappa shape index (κ1) is 23.3. The topological polar surface area (TPSA) is 123 Å². The predicted octanol–water partition coefficient (Wildman–Crippen LogP) is 0.167. The van der Waals surface area contributed by atoms with Gasteiger partial charge in [0, 0.05) is 25.6 Å². The first-order valence-electron chi connectivity index (χ1n) is 11.0. The van der Waals surface area contributed by atoms with Gasteiger partial charge in [-0.3, -0.25) is 19.2 Å². The summed E-state index contributed by atoms with van der Waals surface area (Å²) in [4.78, 5) is 51.5. The van der Waals surface area contributed by atoms with Crippen molar-refractivity contribution in [3.8, 4) is 6.07 Å². The van der Waals surface area contributed by atoms with Crippen LogP contribution in [0, 0.1) is 34.5 Å². The summed E-state index contributed by atoms with van der Waals surface area (Å²) in [7, 11) is 0. The zero-order valence-electron chi connectivity index (χ0n) is 18.3. The molecule has 1 aliphatic carbocycles. The number of hydrogen-bond acceptors (Lipinski definition) is 5. The summed E-state index contributed by atoms with van der Waals surface area (Å²) < 4.78 is 38.5. The van der Waals surface area contributed by atoms with E-state index < -0.39 is 47.9 Å². The zero-order chi connectivity index (χ0) is 24.3. The first-order chi connectivity index (χ1) is 15.4. The minimum Gasteiger partial charge on any atom is -0.356 e. The number of piperidine rings is 1. The van der Waals surface area contributed by atoms with Gasteiger partial charge in [-0.05, 0) is 36.5 Å². The molecule has 33 heavy (non-hydrogen) atoms. The highest BCUT2D eigenvalue weighted by Crippen LogP contribution is 2.65. The molecule has 4 aliphatic rings. The third-order valence-corrected chi connectivity index (χ3v) is 7.72. The summed E-state index contributed by atoms with van der Waals surface area (Å²) in [5.74, 6) is -4.04. The highest BCUT2D eigenvalue weighted by Gasteiger charge is 2.70. The Morgan fingerprint density at radius 1 is 1.27 bits per heavy atom. The number of rotatable bonds is 5. The van der Waals surface area contributed by atoms with Crippen molar-refractivity contribution >= 4 is 23.6 Å². The molecule has 0 radical (unpaired) electrons. The minimum absolute atomic E-state index is 0.00481. The minimum atomic E-state index is -5.07. The third-order valence-electron chi connectivity index (χ3n) is 7.72. The zero-order valence-corrected chi connectivity index (χ0v) is 18.3. The molecule has 1 saturated carbocycles. The van der Waals surface area contributed by atoms with Crippen LogP contribution in [0.3, 0.4) is 0 Å². The molecule has 4 rings (SSSR count). The molecule has 0 aromatic carbocycles. The van der Waals surface area contributed by atoms with Gasteiger partial charge in [0.15, 0.2) is 0 Å². The SMILES string of the molecule is CC1(C)[C@@H]2[C@@H](C(=O)N[C@H](C#N)C[C@@H]3CCNC3=O)N(C(=O)[C@@H]3CCN3C(=O)C(F)(F)F)C[C@@H]21. The van der Waals surface area contributed by atoms with Gasteiger partial charge >= 0.3 is 12.1 Å². The van der Waals surface area contributed by atoms with E-state index in [-0.39, 0.29) is 49.1 Å². The van der Waals surface area contributed by atoms with Crippen molar-refractivity contribution in [2.45, 2.75) is 57.4 Å². The molecule has 0 unspecified atom stereocenters. The molecule has 12 heteroatoms. The van der Waals surface area contributed by atoms with Crippen LogP contribution in [-0.2, 0) is 19.2 Å². The average molecular weight is 469 g/mol. The number of carbonyl (C=O) groups is 4. The van der Waals surface area contributed by atoms with E-state index in [2.05, 4.69) is 10.6 Å². The molecular formula is C21H26F3N5O4. The maximum absolute atomic E-state index is 13.2. The summed E-state index contributed by atoms with van der Waals surface area (Å²) in [5, 5.41) is 14.8. The smallest absolute Gasteiger partial charge is 0.356 e. The number of carbonyl (C=O) groups excluding carboxylic acids is 4. The number of fused-ring (bicyclic) bond motifs is 1. The maximum atomic E-state index is 13.2. The molecule has 2 N–H and O–H groups in total. The van der Waals surface area contributed by atoms with Gasteiger partial charge in [0.1, 0.15) is 18.1 Å². The lowest BCUT2D eigenvalue weighted by Gasteiger charge is -2.43. The number of nitrogens with one attached hydrogen (secondary N) is 2. The van der Waals surface area contributed by atoms with Crippen LogP contribution in [0.15, 0.2) is 0 Å². The molecule has 4 amide bonds. The summed E-state index contributed by atoms with van der Waals surface area (Å²) in [5.41, 5.74) is -0.229. The largest absolute Gasteiger partial charge is 0.471 e. The van der Waals surface area contributed by atoms with Gasteiger partial charge in [-0.1, -0.05) is 13.8 Å². The van der Waals surface area contributed by atoms with Gasteiger partial charge in [0.2, 0.25) is 17.7 Å². The second kappa shape index (κ2) is 7.88. The van der Waals surface area contributed by atoms with Crippen molar-refractivity contribution in [1.82, 2.24) is 20.4 Å². The monoisotopic (exact) mass is 469 g/mol. The number of alkyl halides is 3. The van der Waals surface area contributed by atoms with Crippen molar-refractivity contribution in [2.75, 3.05) is 19.6 Å². The Labute approximate surface area is 188 Å². The number of nitrogens with zero attached hydrogens (tertiary/aromatic N) is 3. The molecule has 0 aromatic rings. The number of nitriles is 1. The number of hydrogen-bond donors (Lipinski definition) is 2. The van der Waals surface area contributed by atoms with Crippen LogP contribution in [0.1, 0.15) is 33.1 Å². The number of amides is 4. The molecule has 6 atom stereocenters. The standard InChI is InChI=1S/C21H26F3N5O4/c1-20(2)12-9-29(18(32)13-4-6-28(13)19(33)21(22,23)24)15(14(12)20)17(31)27-11(8-25)7-10-3-5-26-16(10)30/h10-15H,3-7,9H2,1-2H3,(H,26,30)(H,27,31)/t10-,11-,12-,13-,14-,15-/m0/s1. The lowest BCUT2D eigenvalue weighted by atomic mass is 9.95. The van der Waals surface area contributed by atoms with Crippen molar-refractivity contribution in [1.29, 1.82) is 5.26 Å². The van der Waals surface area contributed by atoms with Crippen molar-refractivity contribution in [2.24, 2.45) is 23.2 Å². The van der Waals surface area contributed by atoms with E-state index in [9.17, 15) is 37.6 Å². The van der Waals surface area contributed by atoms with E-state index in [1.807, 2.05) is 19.9 Å². The summed E-state index contributed by atoms with van der Waals surface area (Å²) >= 11 is 0. The van der Waals surface area contributed by atoms with Crippen LogP contribution in [-0.4, -0.2) is 77.4 Å². The normalized spacial score (nSPS) is 32.8. The fraction of sp³-hybridized carbons (Fsp3) is 0.762. The Balaban J connectivity index is 1.47. The highest BCUT2D eigenvalue weighted by molar-refractivity contribution is 5.95. The van der Waals surface area contributed by atoms with Crippen molar-refractivity contribution in [3.05, 3.63) is 0 Å². The Hall–Kier alpha value is -2.84. The van der Waals surface area contributed by atoms with Crippen LogP contribution in [0.25, 0.3) is 0 Å². The first-order valence-corrected chi connectivity index (χ1v) is 11.0. The fourth-order valence-corrected chi connectivity index (χ4v) is 5.61. The Kier molecular flexibility index (Phi) is 5.57. The average Bonchev–Trinajstić information content (AvgIpc) is 3.07. The summed E-state index contributed by atoms with van der Waals surface area (Å²) in [6.45, 7) is 4.46. The molecule has 9 nitrogen and oxygen atoms in total. The van der Waals surface area contributed by atoms with E-state index >= 15 is 0 Å². The van der Waals surface area contributed by atoms with Crippen LogP contribution < -0.4 is 10.6 Å². The van der Waals surface area contributed by atoms with Crippen molar-refractivity contribution < 1.29 is 32.3 Å². The van der Waals surface area contributed by atoms with Crippen LogP contribution in [0.5, 0.6) is 0 Å². The predicted molar refractivity (Wildman–Crippen MR) is 106 cm³/mol. The van der Waals surface area contributed by atoms with Gasteiger partial charge in [-0.25, -0.2) is 0 Å². The highest BCUT2D eigenvalue weighted by atomic mass is 19.4. The van der Waals surface area contributed by atoms with Crippen LogP contribution >= 0.6 is 0 Å². The molecular weight excluding hydrogens is 443 g/mol. The lowest BCUT2D eigenvalue weighted by Crippen LogP contribution is -2.64. The molecule has 180 valence electrons. The summed E-state index contributed by atoms with van der Waals surface area (Å²) in [6, 6.07) is -1.13. The van der Waals surface area contributed by atoms with E-state index in [4.69, 9.17) is 0 Å². The molecule has 0 aromatic heterocycles. The fourth-order valence-electron chi connectivity index (χ4n) is 5.61. The quantitative estimate of drug-likeness (QED) is 0.594. The van der Waals surface area contributed by atoms with Gasteiger partial charge in [0.25, 0.3) is 0 Å². The second-order valence-corrected chi connectivity index (χ2v) is 9.89. The second-order valence-electron chi connectivity index (χ2n) is 9.89. The third kappa shape index (κ3) is 3.91. The maximum Gasteiger partial charge on any atom is 0.471 e. The summed E-state index contributed by atoms with van der Waals surface area (Å²) in [6.07, 6.45) is -4.27. The molecule has 3 heterocycles. The van der Waals surface area contributed by atoms with Gasteiger partial charge < -0.3 is 20.4 Å². The molecule has 0 bridgehead atoms. The van der Waals surface area contributed by atoms with E-state index in [0.717, 1.165) is 0 Å². The van der Waals surface area contributed by atoms with E-state index in [0.29, 0.717) is 17.9 Å². The van der Waals surface area contributed by atoms with Gasteiger partial charge in [-0.15, -0.1) is 0 Å². The van der Waals surface area contributed by atoms with Gasteiger partial charge in [-0.2, -0.15) is 18.4 Å². The lowest BCUT2D eigenvalue weighted by molar-refractivity contribution is -0.195. The van der Waals surface area contributed by atoms with Crippen molar-refractivity contribution in [3.63, 3.8) is 0 Å². The Bertz CT molecular complexity index is 930. The number of halogens is 3. The number of likely N-dealkylation sites (tertiary alicyclic amines) is 2. The Morgan fingerprint density at radius 2 is 1.97 bits per heavy atom. The molecule has 4 fully saturated rings. The van der Waals surface area contributed by atoms with Gasteiger partial charge in [0.05, 0.1) is 6.07 Å². The van der Waals surface area contributed by atoms with Crippen LogP contribution in [0.4, 0.5) is 13.2 Å². The van der Waals surface area contributed by atoms with Crippen LogP contribution in [0.2, 0.25) is 0 Å². The Morgan fingerprint density at radius 3 is 2.48 bits per heavy atom. The molecule has 3 aliphatic heterocycles. The molecule has 3 saturated heterocycles.